The van der Waals surface area contributed by atoms with Crippen molar-refractivity contribution in [1.29, 1.82) is 0 Å². The molecule has 22 heavy (non-hydrogen) atoms. The Morgan fingerprint density at radius 3 is 3.00 bits per heavy atom. The van der Waals surface area contributed by atoms with Crippen LogP contribution in [0.3, 0.4) is 0 Å². The van der Waals surface area contributed by atoms with E-state index in [0.717, 1.165) is 28.2 Å². The molecule has 1 aliphatic carbocycles. The smallest absolute Gasteiger partial charge is 0.234 e. The summed E-state index contributed by atoms with van der Waals surface area (Å²) in [6.45, 7) is 0. The molecule has 0 spiro atoms. The van der Waals surface area contributed by atoms with Crippen LogP contribution in [0.15, 0.2) is 33.9 Å². The van der Waals surface area contributed by atoms with Gasteiger partial charge in [-0.3, -0.25) is 4.79 Å². The average molecular weight is 382 g/mol. The molecular formula is C14H16BrN5OS. The van der Waals surface area contributed by atoms with Crippen LogP contribution in [0.4, 0.5) is 5.69 Å². The van der Waals surface area contributed by atoms with Gasteiger partial charge in [0.15, 0.2) is 0 Å². The number of anilines is 1. The van der Waals surface area contributed by atoms with Gasteiger partial charge >= 0.3 is 0 Å². The summed E-state index contributed by atoms with van der Waals surface area (Å²) in [5.41, 5.74) is 0.773. The number of benzene rings is 1. The molecule has 0 unspecified atom stereocenters. The summed E-state index contributed by atoms with van der Waals surface area (Å²) in [6.07, 6.45) is 4.67. The van der Waals surface area contributed by atoms with Crippen LogP contribution in [-0.2, 0) is 4.79 Å². The molecule has 0 aliphatic heterocycles. The van der Waals surface area contributed by atoms with Crippen molar-refractivity contribution in [1.82, 2.24) is 20.2 Å². The van der Waals surface area contributed by atoms with Crippen LogP contribution in [-0.4, -0.2) is 31.9 Å². The fourth-order valence-corrected chi connectivity index (χ4v) is 3.70. The normalized spacial score (nSPS) is 15.1. The minimum absolute atomic E-state index is 0.0657. The third kappa shape index (κ3) is 3.86. The van der Waals surface area contributed by atoms with Gasteiger partial charge in [-0.2, -0.15) is 0 Å². The van der Waals surface area contributed by atoms with Gasteiger partial charge in [-0.15, -0.1) is 5.10 Å². The summed E-state index contributed by atoms with van der Waals surface area (Å²) < 4.78 is 2.80. The molecule has 0 atom stereocenters. The number of carbonyl (C=O) groups excluding carboxylic acids is 1. The lowest BCUT2D eigenvalue weighted by molar-refractivity contribution is -0.113. The van der Waals surface area contributed by atoms with Gasteiger partial charge in [0.05, 0.1) is 11.8 Å². The van der Waals surface area contributed by atoms with Crippen LogP contribution in [0.1, 0.15) is 31.7 Å². The summed E-state index contributed by atoms with van der Waals surface area (Å²) in [7, 11) is 0. The molecule has 2 aromatic rings. The van der Waals surface area contributed by atoms with Crippen molar-refractivity contribution in [2.45, 2.75) is 36.9 Å². The fourth-order valence-electron chi connectivity index (χ4n) is 2.55. The Balaban J connectivity index is 1.56. The number of thioether (sulfide) groups is 1. The summed E-state index contributed by atoms with van der Waals surface area (Å²) in [5, 5.41) is 15.4. The van der Waals surface area contributed by atoms with Crippen LogP contribution in [0.2, 0.25) is 0 Å². The molecule has 1 aromatic carbocycles. The van der Waals surface area contributed by atoms with E-state index >= 15 is 0 Å². The number of rotatable bonds is 5. The van der Waals surface area contributed by atoms with E-state index in [1.165, 1.54) is 24.6 Å². The molecular weight excluding hydrogens is 366 g/mol. The van der Waals surface area contributed by atoms with Crippen molar-refractivity contribution in [2.75, 3.05) is 11.1 Å². The van der Waals surface area contributed by atoms with Gasteiger partial charge in [0.2, 0.25) is 11.1 Å². The van der Waals surface area contributed by atoms with E-state index in [2.05, 4.69) is 36.8 Å². The largest absolute Gasteiger partial charge is 0.325 e. The van der Waals surface area contributed by atoms with Gasteiger partial charge in [0.25, 0.3) is 0 Å². The van der Waals surface area contributed by atoms with Crippen molar-refractivity contribution < 1.29 is 4.79 Å². The number of halogens is 1. The molecule has 0 saturated heterocycles. The number of hydrogen-bond donors (Lipinski definition) is 1. The molecule has 8 heteroatoms. The Bertz CT molecular complexity index is 656. The maximum Gasteiger partial charge on any atom is 0.234 e. The second kappa shape index (κ2) is 7.23. The van der Waals surface area contributed by atoms with Gasteiger partial charge in [0.1, 0.15) is 0 Å². The van der Waals surface area contributed by atoms with Crippen LogP contribution >= 0.6 is 27.7 Å². The number of tetrazole rings is 1. The summed E-state index contributed by atoms with van der Waals surface area (Å²) in [4.78, 5) is 12.0. The molecule has 1 heterocycles. The first-order chi connectivity index (χ1) is 10.7. The van der Waals surface area contributed by atoms with Crippen LogP contribution < -0.4 is 5.32 Å². The Kier molecular flexibility index (Phi) is 5.09. The number of carbonyl (C=O) groups is 1. The third-order valence-corrected chi connectivity index (χ3v) is 5.00. The zero-order chi connectivity index (χ0) is 15.4. The Morgan fingerprint density at radius 1 is 1.41 bits per heavy atom. The molecule has 0 radical (unpaired) electrons. The average Bonchev–Trinajstić information content (AvgIpc) is 3.16. The van der Waals surface area contributed by atoms with E-state index in [9.17, 15) is 4.79 Å². The predicted octanol–water partition coefficient (Wildman–Crippen LogP) is 3.28. The van der Waals surface area contributed by atoms with Gasteiger partial charge in [-0.05, 0) is 41.5 Å². The van der Waals surface area contributed by atoms with Gasteiger partial charge < -0.3 is 5.32 Å². The molecule has 0 bridgehead atoms. The molecule has 116 valence electrons. The molecule has 1 aromatic heterocycles. The van der Waals surface area contributed by atoms with E-state index in [1.54, 1.807) is 0 Å². The zero-order valence-electron chi connectivity index (χ0n) is 11.9. The van der Waals surface area contributed by atoms with E-state index < -0.39 is 0 Å². The van der Waals surface area contributed by atoms with Crippen molar-refractivity contribution in [3.8, 4) is 0 Å². The summed E-state index contributed by atoms with van der Waals surface area (Å²) in [5.74, 6) is 0.226. The molecule has 1 aliphatic rings. The standard InChI is InChI=1S/C14H16BrN5OS/c15-10-4-3-5-11(8-10)16-13(21)9-22-14-17-18-19-20(14)12-6-1-2-7-12/h3-5,8,12H,1-2,6-7,9H2,(H,16,21). The highest BCUT2D eigenvalue weighted by molar-refractivity contribution is 9.10. The number of nitrogens with zero attached hydrogens (tertiary/aromatic N) is 4. The number of amides is 1. The summed E-state index contributed by atoms with van der Waals surface area (Å²) in [6, 6.07) is 7.90. The monoisotopic (exact) mass is 381 g/mol. The molecule has 1 N–H and O–H groups in total. The zero-order valence-corrected chi connectivity index (χ0v) is 14.3. The maximum atomic E-state index is 12.0. The Labute approximate surface area is 141 Å². The second-order valence-electron chi connectivity index (χ2n) is 5.19. The van der Waals surface area contributed by atoms with Crippen molar-refractivity contribution >= 4 is 39.3 Å². The highest BCUT2D eigenvalue weighted by atomic mass is 79.9. The lowest BCUT2D eigenvalue weighted by Gasteiger charge is -2.10. The SMILES string of the molecule is O=C(CSc1nnnn1C1CCCC1)Nc1cccc(Br)c1. The lowest BCUT2D eigenvalue weighted by atomic mass is 10.3. The Morgan fingerprint density at radius 2 is 2.23 bits per heavy atom. The first kappa shape index (κ1) is 15.5. The van der Waals surface area contributed by atoms with E-state index in [1.807, 2.05) is 28.9 Å². The highest BCUT2D eigenvalue weighted by Crippen LogP contribution is 2.31. The fraction of sp³-hybridized carbons (Fsp3) is 0.429. The minimum Gasteiger partial charge on any atom is -0.325 e. The first-order valence-electron chi connectivity index (χ1n) is 7.18. The van der Waals surface area contributed by atoms with Crippen molar-refractivity contribution in [3.63, 3.8) is 0 Å². The van der Waals surface area contributed by atoms with E-state index in [0.29, 0.717) is 11.8 Å². The highest BCUT2D eigenvalue weighted by Gasteiger charge is 2.22. The minimum atomic E-state index is -0.0657. The topological polar surface area (TPSA) is 72.7 Å². The number of aromatic nitrogens is 4. The van der Waals surface area contributed by atoms with Crippen molar-refractivity contribution in [2.24, 2.45) is 0 Å². The quantitative estimate of drug-likeness (QED) is 0.804. The summed E-state index contributed by atoms with van der Waals surface area (Å²) >= 11 is 4.76. The van der Waals surface area contributed by atoms with Crippen LogP contribution in [0.25, 0.3) is 0 Å². The van der Waals surface area contributed by atoms with Gasteiger partial charge in [0, 0.05) is 10.2 Å². The van der Waals surface area contributed by atoms with Crippen molar-refractivity contribution in [3.05, 3.63) is 28.7 Å². The third-order valence-electron chi connectivity index (χ3n) is 3.57. The maximum absolute atomic E-state index is 12.0. The predicted molar refractivity (Wildman–Crippen MR) is 88.8 cm³/mol. The molecule has 1 amide bonds. The van der Waals surface area contributed by atoms with E-state index in [-0.39, 0.29) is 5.91 Å². The van der Waals surface area contributed by atoms with Crippen LogP contribution in [0, 0.1) is 0 Å². The van der Waals surface area contributed by atoms with E-state index in [4.69, 9.17) is 0 Å². The molecule has 3 rings (SSSR count). The van der Waals surface area contributed by atoms with Gasteiger partial charge in [-0.1, -0.05) is 46.6 Å². The molecule has 1 saturated carbocycles. The van der Waals surface area contributed by atoms with Gasteiger partial charge in [-0.25, -0.2) is 4.68 Å². The molecule has 1 fully saturated rings. The number of hydrogen-bond acceptors (Lipinski definition) is 5. The number of nitrogens with one attached hydrogen (secondary N) is 1. The first-order valence-corrected chi connectivity index (χ1v) is 8.96. The lowest BCUT2D eigenvalue weighted by Crippen LogP contribution is -2.15. The second-order valence-corrected chi connectivity index (χ2v) is 7.05. The van der Waals surface area contributed by atoms with Crippen LogP contribution in [0.5, 0.6) is 0 Å². The Hall–Kier alpha value is -1.41. The molecule has 6 nitrogen and oxygen atoms in total.